The fourth-order valence-electron chi connectivity index (χ4n) is 1.47. The average molecular weight is 232 g/mol. The van der Waals surface area contributed by atoms with Crippen LogP contribution in [0.4, 0.5) is 0 Å². The second kappa shape index (κ2) is 4.97. The average Bonchev–Trinajstić information content (AvgIpc) is 2.73. The van der Waals surface area contributed by atoms with E-state index in [9.17, 15) is 0 Å². The summed E-state index contributed by atoms with van der Waals surface area (Å²) in [7, 11) is 1.84. The number of aromatic nitrogens is 3. The maximum atomic E-state index is 5.77. The Morgan fingerprint density at radius 2 is 2.06 bits per heavy atom. The smallest absolute Gasteiger partial charge is 0.164 e. The molecule has 2 aromatic rings. The zero-order valence-corrected chi connectivity index (χ0v) is 10.00. The first-order valence-corrected chi connectivity index (χ1v) is 5.48. The van der Waals surface area contributed by atoms with Crippen LogP contribution < -0.4 is 10.5 Å². The van der Waals surface area contributed by atoms with E-state index in [1.165, 1.54) is 6.33 Å². The van der Waals surface area contributed by atoms with Gasteiger partial charge in [-0.1, -0.05) is 12.1 Å². The van der Waals surface area contributed by atoms with Crippen LogP contribution in [0.15, 0.2) is 30.6 Å². The van der Waals surface area contributed by atoms with Gasteiger partial charge in [-0.05, 0) is 24.6 Å². The molecular formula is C12H16N4O. The zero-order valence-electron chi connectivity index (χ0n) is 10.00. The van der Waals surface area contributed by atoms with E-state index in [2.05, 4.69) is 10.1 Å². The predicted octanol–water partition coefficient (Wildman–Crippen LogP) is 1.41. The van der Waals surface area contributed by atoms with Crippen molar-refractivity contribution in [1.82, 2.24) is 14.8 Å². The first-order chi connectivity index (χ1) is 8.16. The van der Waals surface area contributed by atoms with Gasteiger partial charge < -0.3 is 10.5 Å². The standard InChI is InChI=1S/C12H16N4O/c1-9(13)10-3-5-11(6-4-10)17-7-12-14-8-15-16(12)2/h3-6,8-9H,7,13H2,1-2H3. The van der Waals surface area contributed by atoms with E-state index < -0.39 is 0 Å². The van der Waals surface area contributed by atoms with Gasteiger partial charge in [0.1, 0.15) is 18.7 Å². The first-order valence-electron chi connectivity index (χ1n) is 5.48. The van der Waals surface area contributed by atoms with Gasteiger partial charge >= 0.3 is 0 Å². The van der Waals surface area contributed by atoms with E-state index in [0.29, 0.717) is 6.61 Å². The second-order valence-electron chi connectivity index (χ2n) is 3.95. The second-order valence-corrected chi connectivity index (χ2v) is 3.95. The molecule has 1 heterocycles. The molecule has 1 aromatic heterocycles. The highest BCUT2D eigenvalue weighted by Gasteiger charge is 2.03. The fraction of sp³-hybridized carbons (Fsp3) is 0.333. The molecule has 0 saturated carbocycles. The third-order valence-corrected chi connectivity index (χ3v) is 2.58. The molecule has 0 aliphatic carbocycles. The lowest BCUT2D eigenvalue weighted by Gasteiger charge is -2.08. The molecule has 0 bridgehead atoms. The van der Waals surface area contributed by atoms with Gasteiger partial charge in [0.05, 0.1) is 0 Å². The Morgan fingerprint density at radius 3 is 2.59 bits per heavy atom. The number of ether oxygens (including phenoxy) is 1. The topological polar surface area (TPSA) is 66.0 Å². The van der Waals surface area contributed by atoms with Gasteiger partial charge in [-0.15, -0.1) is 0 Å². The quantitative estimate of drug-likeness (QED) is 0.865. The van der Waals surface area contributed by atoms with E-state index in [4.69, 9.17) is 10.5 Å². The Balaban J connectivity index is 1.98. The van der Waals surface area contributed by atoms with Gasteiger partial charge in [-0.25, -0.2) is 4.98 Å². The number of nitrogens with zero attached hydrogens (tertiary/aromatic N) is 3. The molecular weight excluding hydrogens is 216 g/mol. The van der Waals surface area contributed by atoms with Crippen molar-refractivity contribution in [2.75, 3.05) is 0 Å². The van der Waals surface area contributed by atoms with Crippen molar-refractivity contribution in [2.45, 2.75) is 19.6 Å². The van der Waals surface area contributed by atoms with Crippen LogP contribution in [0.2, 0.25) is 0 Å². The van der Waals surface area contributed by atoms with Crippen molar-refractivity contribution in [3.05, 3.63) is 42.0 Å². The Morgan fingerprint density at radius 1 is 1.35 bits per heavy atom. The van der Waals surface area contributed by atoms with Crippen molar-refractivity contribution >= 4 is 0 Å². The molecule has 0 aliphatic heterocycles. The lowest BCUT2D eigenvalue weighted by Crippen LogP contribution is -2.06. The van der Waals surface area contributed by atoms with Crippen LogP contribution in [-0.4, -0.2) is 14.8 Å². The van der Waals surface area contributed by atoms with Crippen LogP contribution >= 0.6 is 0 Å². The molecule has 17 heavy (non-hydrogen) atoms. The summed E-state index contributed by atoms with van der Waals surface area (Å²) in [5.74, 6) is 1.60. The minimum absolute atomic E-state index is 0.0443. The molecule has 1 atom stereocenters. The minimum Gasteiger partial charge on any atom is -0.486 e. The van der Waals surface area contributed by atoms with Crippen LogP contribution in [0.1, 0.15) is 24.4 Å². The Kier molecular flexibility index (Phi) is 3.39. The minimum atomic E-state index is 0.0443. The normalized spacial score (nSPS) is 12.4. The van der Waals surface area contributed by atoms with Gasteiger partial charge in [-0.3, -0.25) is 4.68 Å². The number of aryl methyl sites for hydroxylation is 1. The Labute approximate surface area is 100 Å². The van der Waals surface area contributed by atoms with Gasteiger partial charge in [-0.2, -0.15) is 5.10 Å². The molecule has 0 radical (unpaired) electrons. The summed E-state index contributed by atoms with van der Waals surface area (Å²) < 4.78 is 7.29. The van der Waals surface area contributed by atoms with E-state index in [0.717, 1.165) is 17.1 Å². The largest absolute Gasteiger partial charge is 0.486 e. The molecule has 1 unspecified atom stereocenters. The van der Waals surface area contributed by atoms with Crippen molar-refractivity contribution in [3.63, 3.8) is 0 Å². The molecule has 1 aromatic carbocycles. The predicted molar refractivity (Wildman–Crippen MR) is 64.4 cm³/mol. The number of hydrogen-bond acceptors (Lipinski definition) is 4. The zero-order chi connectivity index (χ0) is 12.3. The molecule has 0 aliphatic rings. The highest BCUT2D eigenvalue weighted by molar-refractivity contribution is 5.28. The van der Waals surface area contributed by atoms with Crippen LogP contribution in [0.5, 0.6) is 5.75 Å². The Hall–Kier alpha value is -1.88. The lowest BCUT2D eigenvalue weighted by atomic mass is 10.1. The third-order valence-electron chi connectivity index (χ3n) is 2.58. The fourth-order valence-corrected chi connectivity index (χ4v) is 1.47. The molecule has 0 amide bonds. The Bertz CT molecular complexity index is 476. The summed E-state index contributed by atoms with van der Waals surface area (Å²) in [6.07, 6.45) is 1.51. The number of rotatable bonds is 4. The molecule has 0 saturated heterocycles. The first kappa shape index (κ1) is 11.6. The molecule has 0 fully saturated rings. The van der Waals surface area contributed by atoms with Gasteiger partial charge in [0, 0.05) is 13.1 Å². The summed E-state index contributed by atoms with van der Waals surface area (Å²) in [6.45, 7) is 2.36. The molecule has 0 spiro atoms. The van der Waals surface area contributed by atoms with Gasteiger partial charge in [0.25, 0.3) is 0 Å². The van der Waals surface area contributed by atoms with Crippen LogP contribution in [-0.2, 0) is 13.7 Å². The van der Waals surface area contributed by atoms with Gasteiger partial charge in [0.15, 0.2) is 5.82 Å². The van der Waals surface area contributed by atoms with Crippen molar-refractivity contribution < 1.29 is 4.74 Å². The molecule has 2 rings (SSSR count). The van der Waals surface area contributed by atoms with Crippen molar-refractivity contribution in [1.29, 1.82) is 0 Å². The van der Waals surface area contributed by atoms with Gasteiger partial charge in [0.2, 0.25) is 0 Å². The van der Waals surface area contributed by atoms with E-state index >= 15 is 0 Å². The number of benzene rings is 1. The maximum absolute atomic E-state index is 5.77. The summed E-state index contributed by atoms with van der Waals surface area (Å²) in [5.41, 5.74) is 6.87. The molecule has 2 N–H and O–H groups in total. The van der Waals surface area contributed by atoms with E-state index in [1.54, 1.807) is 4.68 Å². The third kappa shape index (κ3) is 2.82. The van der Waals surface area contributed by atoms with E-state index in [-0.39, 0.29) is 6.04 Å². The number of hydrogen-bond donors (Lipinski definition) is 1. The van der Waals surface area contributed by atoms with Crippen molar-refractivity contribution in [2.24, 2.45) is 12.8 Å². The monoisotopic (exact) mass is 232 g/mol. The summed E-state index contributed by atoms with van der Waals surface area (Å²) in [4.78, 5) is 4.08. The summed E-state index contributed by atoms with van der Waals surface area (Å²) in [5, 5.41) is 3.98. The van der Waals surface area contributed by atoms with Crippen LogP contribution in [0.25, 0.3) is 0 Å². The molecule has 5 nitrogen and oxygen atoms in total. The van der Waals surface area contributed by atoms with Crippen molar-refractivity contribution in [3.8, 4) is 5.75 Å². The highest BCUT2D eigenvalue weighted by atomic mass is 16.5. The molecule has 90 valence electrons. The highest BCUT2D eigenvalue weighted by Crippen LogP contribution is 2.16. The summed E-state index contributed by atoms with van der Waals surface area (Å²) in [6, 6.07) is 7.81. The number of nitrogens with two attached hydrogens (primary N) is 1. The van der Waals surface area contributed by atoms with Crippen LogP contribution in [0, 0.1) is 0 Å². The maximum Gasteiger partial charge on any atom is 0.164 e. The van der Waals surface area contributed by atoms with Crippen LogP contribution in [0.3, 0.4) is 0 Å². The van der Waals surface area contributed by atoms with E-state index in [1.807, 2.05) is 38.2 Å². The SMILES string of the molecule is CC(N)c1ccc(OCc2ncnn2C)cc1. The summed E-state index contributed by atoms with van der Waals surface area (Å²) >= 11 is 0. The molecule has 5 heteroatoms. The lowest BCUT2D eigenvalue weighted by molar-refractivity contribution is 0.289.